The van der Waals surface area contributed by atoms with Gasteiger partial charge in [0.25, 0.3) is 0 Å². The number of nitrogens with two attached hydrogens (primary N) is 1. The van der Waals surface area contributed by atoms with Gasteiger partial charge >= 0.3 is 0 Å². The van der Waals surface area contributed by atoms with Crippen LogP contribution in [0.5, 0.6) is 0 Å². The van der Waals surface area contributed by atoms with Crippen molar-refractivity contribution in [2.24, 2.45) is 7.05 Å². The zero-order valence-corrected chi connectivity index (χ0v) is 13.5. The highest BCUT2D eigenvalue weighted by molar-refractivity contribution is 7.89. The van der Waals surface area contributed by atoms with Crippen LogP contribution in [0.3, 0.4) is 0 Å². The van der Waals surface area contributed by atoms with Crippen molar-refractivity contribution in [1.29, 1.82) is 0 Å². The van der Waals surface area contributed by atoms with Crippen LogP contribution in [-0.4, -0.2) is 29.6 Å². The molecule has 0 aliphatic carbocycles. The molecule has 6 nitrogen and oxygen atoms in total. The van der Waals surface area contributed by atoms with Crippen molar-refractivity contribution in [2.75, 3.05) is 12.8 Å². The van der Waals surface area contributed by atoms with Crippen LogP contribution >= 0.6 is 0 Å². The molecular formula is C14H20N4O2S. The molecule has 0 saturated heterocycles. The summed E-state index contributed by atoms with van der Waals surface area (Å²) in [5.41, 5.74) is 8.97. The van der Waals surface area contributed by atoms with E-state index in [0.29, 0.717) is 5.69 Å². The molecule has 7 heteroatoms. The molecular weight excluding hydrogens is 288 g/mol. The number of rotatable bonds is 4. The highest BCUT2D eigenvalue weighted by Crippen LogP contribution is 2.24. The van der Waals surface area contributed by atoms with Gasteiger partial charge in [-0.25, -0.2) is 8.42 Å². The average molecular weight is 308 g/mol. The normalized spacial score (nSPS) is 12.0. The van der Waals surface area contributed by atoms with Gasteiger partial charge in [-0.1, -0.05) is 0 Å². The summed E-state index contributed by atoms with van der Waals surface area (Å²) in [7, 11) is -0.230. The van der Waals surface area contributed by atoms with Gasteiger partial charge in [0.05, 0.1) is 11.1 Å². The fraction of sp³-hybridized carbons (Fsp3) is 0.357. The zero-order valence-electron chi connectivity index (χ0n) is 12.7. The number of anilines is 1. The molecule has 2 rings (SSSR count). The van der Waals surface area contributed by atoms with E-state index >= 15 is 0 Å². The minimum atomic E-state index is -3.57. The standard InChI is InChI=1S/C14H20N4O2S/c1-10-5-13(6-14(15)11(10)2)21(19,20)18(4)9-12-7-16-17(3)8-12/h5-8H,9,15H2,1-4H3. The molecule has 0 bridgehead atoms. The van der Waals surface area contributed by atoms with E-state index in [0.717, 1.165) is 16.7 Å². The van der Waals surface area contributed by atoms with Crippen molar-refractivity contribution in [3.8, 4) is 0 Å². The quantitative estimate of drug-likeness (QED) is 0.867. The number of aryl methyl sites for hydroxylation is 2. The van der Waals surface area contributed by atoms with Crippen LogP contribution in [-0.2, 0) is 23.6 Å². The number of hydrogen-bond acceptors (Lipinski definition) is 4. The second-order valence-electron chi connectivity index (χ2n) is 5.24. The lowest BCUT2D eigenvalue weighted by Crippen LogP contribution is -2.26. The predicted molar refractivity (Wildman–Crippen MR) is 82.2 cm³/mol. The van der Waals surface area contributed by atoms with Crippen LogP contribution in [0.25, 0.3) is 0 Å². The fourth-order valence-electron chi connectivity index (χ4n) is 2.08. The first kappa shape index (κ1) is 15.5. The van der Waals surface area contributed by atoms with Crippen molar-refractivity contribution in [1.82, 2.24) is 14.1 Å². The van der Waals surface area contributed by atoms with E-state index in [-0.39, 0.29) is 11.4 Å². The minimum Gasteiger partial charge on any atom is -0.398 e. The summed E-state index contributed by atoms with van der Waals surface area (Å²) < 4.78 is 28.1. The van der Waals surface area contributed by atoms with Gasteiger partial charge in [-0.15, -0.1) is 0 Å². The Balaban J connectivity index is 2.33. The van der Waals surface area contributed by atoms with Crippen molar-refractivity contribution in [3.63, 3.8) is 0 Å². The molecule has 0 saturated carbocycles. The van der Waals surface area contributed by atoms with E-state index in [2.05, 4.69) is 5.10 Å². The molecule has 0 fully saturated rings. The monoisotopic (exact) mass is 308 g/mol. The topological polar surface area (TPSA) is 81.2 Å². The Morgan fingerprint density at radius 1 is 1.33 bits per heavy atom. The average Bonchev–Trinajstić information content (AvgIpc) is 2.80. The predicted octanol–water partition coefficient (Wildman–Crippen LogP) is 1.44. The minimum absolute atomic E-state index is 0.217. The first-order valence-electron chi connectivity index (χ1n) is 6.52. The lowest BCUT2D eigenvalue weighted by molar-refractivity contribution is 0.466. The van der Waals surface area contributed by atoms with Gasteiger partial charge in [-0.3, -0.25) is 4.68 Å². The maximum absolute atomic E-state index is 12.6. The molecule has 0 atom stereocenters. The van der Waals surface area contributed by atoms with Gasteiger partial charge in [-0.05, 0) is 37.1 Å². The summed E-state index contributed by atoms with van der Waals surface area (Å²) in [5.74, 6) is 0. The third kappa shape index (κ3) is 3.08. The lowest BCUT2D eigenvalue weighted by Gasteiger charge is -2.18. The SMILES string of the molecule is Cc1cc(S(=O)(=O)N(C)Cc2cnn(C)c2)cc(N)c1C. The third-order valence-electron chi connectivity index (χ3n) is 3.55. The van der Waals surface area contributed by atoms with Gasteiger partial charge in [-0.2, -0.15) is 9.40 Å². The molecule has 2 N–H and O–H groups in total. The molecule has 1 aromatic carbocycles. The van der Waals surface area contributed by atoms with Crippen molar-refractivity contribution < 1.29 is 8.42 Å². The van der Waals surface area contributed by atoms with Gasteiger partial charge in [0.15, 0.2) is 0 Å². The number of nitrogens with zero attached hydrogens (tertiary/aromatic N) is 3. The van der Waals surface area contributed by atoms with Crippen molar-refractivity contribution in [2.45, 2.75) is 25.3 Å². The second kappa shape index (κ2) is 5.50. The van der Waals surface area contributed by atoms with E-state index in [4.69, 9.17) is 5.73 Å². The Hall–Kier alpha value is -1.86. The maximum atomic E-state index is 12.6. The summed E-state index contributed by atoms with van der Waals surface area (Å²) in [6, 6.07) is 3.16. The summed E-state index contributed by atoms with van der Waals surface area (Å²) in [6.45, 7) is 4.00. The Labute approximate surface area is 125 Å². The third-order valence-corrected chi connectivity index (χ3v) is 5.33. The van der Waals surface area contributed by atoms with E-state index in [1.807, 2.05) is 13.8 Å². The van der Waals surface area contributed by atoms with Crippen LogP contribution in [0.1, 0.15) is 16.7 Å². The van der Waals surface area contributed by atoms with Crippen molar-refractivity contribution >= 4 is 15.7 Å². The van der Waals surface area contributed by atoms with Gasteiger partial charge in [0.1, 0.15) is 0 Å². The smallest absolute Gasteiger partial charge is 0.243 e. The molecule has 0 unspecified atom stereocenters. The van der Waals surface area contributed by atoms with Gasteiger partial charge < -0.3 is 5.73 Å². The van der Waals surface area contributed by atoms with Gasteiger partial charge in [0.2, 0.25) is 10.0 Å². The maximum Gasteiger partial charge on any atom is 0.243 e. The van der Waals surface area contributed by atoms with Crippen LogP contribution in [0.2, 0.25) is 0 Å². The van der Waals surface area contributed by atoms with Crippen LogP contribution in [0, 0.1) is 13.8 Å². The van der Waals surface area contributed by atoms with E-state index in [1.165, 1.54) is 10.4 Å². The fourth-order valence-corrected chi connectivity index (χ4v) is 3.36. The number of sulfonamides is 1. The first-order chi connectivity index (χ1) is 9.71. The van der Waals surface area contributed by atoms with E-state index in [1.54, 1.807) is 37.2 Å². The summed E-state index contributed by atoms with van der Waals surface area (Å²) in [4.78, 5) is 0.217. The second-order valence-corrected chi connectivity index (χ2v) is 7.28. The molecule has 1 aromatic heterocycles. The molecule has 1 heterocycles. The molecule has 2 aromatic rings. The molecule has 0 spiro atoms. The highest BCUT2D eigenvalue weighted by atomic mass is 32.2. The highest BCUT2D eigenvalue weighted by Gasteiger charge is 2.22. The number of aromatic nitrogens is 2. The first-order valence-corrected chi connectivity index (χ1v) is 7.96. The Morgan fingerprint density at radius 3 is 2.52 bits per heavy atom. The van der Waals surface area contributed by atoms with Crippen LogP contribution < -0.4 is 5.73 Å². The summed E-state index contributed by atoms with van der Waals surface area (Å²) >= 11 is 0. The van der Waals surface area contributed by atoms with E-state index < -0.39 is 10.0 Å². The number of benzene rings is 1. The summed E-state index contributed by atoms with van der Waals surface area (Å²) in [5, 5.41) is 4.04. The van der Waals surface area contributed by atoms with Gasteiger partial charge in [0, 0.05) is 38.1 Å². The Bertz CT molecular complexity index is 742. The molecule has 0 radical (unpaired) electrons. The number of hydrogen-bond donors (Lipinski definition) is 1. The molecule has 21 heavy (non-hydrogen) atoms. The largest absolute Gasteiger partial charge is 0.398 e. The molecule has 0 aliphatic heterocycles. The van der Waals surface area contributed by atoms with Crippen LogP contribution in [0.4, 0.5) is 5.69 Å². The Morgan fingerprint density at radius 2 is 2.00 bits per heavy atom. The molecule has 0 aliphatic rings. The lowest BCUT2D eigenvalue weighted by atomic mass is 10.1. The Kier molecular flexibility index (Phi) is 4.06. The molecule has 114 valence electrons. The van der Waals surface area contributed by atoms with E-state index in [9.17, 15) is 8.42 Å². The summed E-state index contributed by atoms with van der Waals surface area (Å²) in [6.07, 6.45) is 3.45. The number of nitrogen functional groups attached to an aromatic ring is 1. The molecule has 0 amide bonds. The van der Waals surface area contributed by atoms with Crippen LogP contribution in [0.15, 0.2) is 29.4 Å². The van der Waals surface area contributed by atoms with Crippen molar-refractivity contribution in [3.05, 3.63) is 41.2 Å². The zero-order chi connectivity index (χ0) is 15.8.